The van der Waals surface area contributed by atoms with Crippen LogP contribution < -0.4 is 16.8 Å². The number of ether oxygens (including phenoxy) is 1. The molecule has 0 saturated carbocycles. The molecule has 19 heteroatoms. The van der Waals surface area contributed by atoms with Crippen molar-refractivity contribution in [2.75, 3.05) is 25.5 Å². The van der Waals surface area contributed by atoms with Crippen molar-refractivity contribution in [2.24, 2.45) is 10.9 Å². The van der Waals surface area contributed by atoms with Crippen molar-refractivity contribution in [2.45, 2.75) is 25.0 Å². The van der Waals surface area contributed by atoms with E-state index in [0.29, 0.717) is 12.1 Å². The van der Waals surface area contributed by atoms with E-state index in [0.717, 1.165) is 16.2 Å². The Balaban J connectivity index is 1.30. The molecule has 0 spiro atoms. The molecule has 1 aromatic carbocycles. The zero-order valence-electron chi connectivity index (χ0n) is 23.1. The standard InChI is InChI=1S/C26H24N8O10S/c27-18(35)10-44-31-19(15-11-45-26(28)29-15)22(36)30-20-16-9-43-17(21(25(39)40)33(16)24(20)38)7-13-5-6-32(23(13)37)8-12-1-3-14(4-2-12)34(41)42/h1-4,7,11,16,20H,5-6,8-10H2,(H2,27,35)(H2,28,29)(H,30,36)(H,39,40)/b13-7+,31-19-/t16-,20+/m1/s1. The molecule has 234 valence electrons. The van der Waals surface area contributed by atoms with Crippen LogP contribution in [0.2, 0.25) is 0 Å². The Morgan fingerprint density at radius 1 is 1.29 bits per heavy atom. The van der Waals surface area contributed by atoms with Gasteiger partial charge in [-0.05, 0) is 18.1 Å². The number of rotatable bonds is 11. The minimum absolute atomic E-state index is 0.00637. The first-order valence-corrected chi connectivity index (χ1v) is 14.0. The highest BCUT2D eigenvalue weighted by atomic mass is 32.1. The lowest BCUT2D eigenvalue weighted by atomic mass is 9.92. The number of fused-ring (bicyclic) bond motifs is 1. The number of hydrogen-bond acceptors (Lipinski definition) is 13. The number of nitro benzene ring substituents is 1. The number of carboxylic acid groups (broad SMARTS) is 1. The Hall–Kier alpha value is -5.85. The predicted octanol–water partition coefficient (Wildman–Crippen LogP) is -0.780. The summed E-state index contributed by atoms with van der Waals surface area (Å²) in [6.07, 6.45) is 1.55. The van der Waals surface area contributed by atoms with E-state index in [1.165, 1.54) is 28.5 Å². The number of hydrogen-bond donors (Lipinski definition) is 4. The molecule has 2 aromatic rings. The average molecular weight is 641 g/mol. The topological polar surface area (TPSA) is 263 Å². The number of allylic oxidation sites excluding steroid dienone is 1. The lowest BCUT2D eigenvalue weighted by Crippen LogP contribution is -2.73. The molecule has 0 unspecified atom stereocenters. The van der Waals surface area contributed by atoms with Crippen LogP contribution in [0.25, 0.3) is 0 Å². The van der Waals surface area contributed by atoms with Gasteiger partial charge in [0.15, 0.2) is 28.9 Å². The number of thiazole rings is 1. The van der Waals surface area contributed by atoms with Crippen molar-refractivity contribution >= 4 is 57.5 Å². The maximum Gasteiger partial charge on any atom is 0.356 e. The number of non-ortho nitro benzene ring substituents is 1. The van der Waals surface area contributed by atoms with E-state index >= 15 is 0 Å². The molecule has 0 radical (unpaired) electrons. The number of nitrogens with zero attached hydrogens (tertiary/aromatic N) is 5. The Morgan fingerprint density at radius 3 is 2.64 bits per heavy atom. The molecule has 2 saturated heterocycles. The Morgan fingerprint density at radius 2 is 2.02 bits per heavy atom. The minimum Gasteiger partial charge on any atom is -0.489 e. The van der Waals surface area contributed by atoms with Crippen molar-refractivity contribution in [1.29, 1.82) is 0 Å². The van der Waals surface area contributed by atoms with Crippen LogP contribution in [0.15, 0.2) is 57.9 Å². The summed E-state index contributed by atoms with van der Waals surface area (Å²) < 4.78 is 5.69. The molecule has 18 nitrogen and oxygen atoms in total. The Kier molecular flexibility index (Phi) is 8.44. The number of carbonyl (C=O) groups is 5. The zero-order valence-corrected chi connectivity index (χ0v) is 23.9. The van der Waals surface area contributed by atoms with Gasteiger partial charge in [-0.3, -0.25) is 34.2 Å². The SMILES string of the molecule is NC(=O)CO/N=C(\C(=O)N[C@@H]1C(=O)N2C(C(=O)O)=C(/C=C3\CCN(Cc4ccc([N+](=O)[O-])cc4)C3=O)OC[C@H]12)c1csc(N)n1. The summed E-state index contributed by atoms with van der Waals surface area (Å²) >= 11 is 1.00. The third-order valence-corrected chi connectivity index (χ3v) is 7.65. The molecular weight excluding hydrogens is 616 g/mol. The molecule has 3 aliphatic rings. The van der Waals surface area contributed by atoms with Gasteiger partial charge in [0, 0.05) is 36.2 Å². The number of oxime groups is 1. The first kappa shape index (κ1) is 30.6. The fourth-order valence-electron chi connectivity index (χ4n) is 4.85. The summed E-state index contributed by atoms with van der Waals surface area (Å²) in [6, 6.07) is 3.65. The smallest absolute Gasteiger partial charge is 0.356 e. The summed E-state index contributed by atoms with van der Waals surface area (Å²) in [4.78, 5) is 84.1. The summed E-state index contributed by atoms with van der Waals surface area (Å²) in [6.45, 7) is -0.346. The number of likely N-dealkylation sites (tertiary alicyclic amines) is 1. The number of nitrogens with two attached hydrogens (primary N) is 2. The number of aromatic nitrogens is 1. The van der Waals surface area contributed by atoms with Gasteiger partial charge in [0.2, 0.25) is 5.91 Å². The molecule has 2 atom stereocenters. The molecule has 2 fully saturated rings. The van der Waals surface area contributed by atoms with Crippen molar-refractivity contribution in [3.63, 3.8) is 0 Å². The van der Waals surface area contributed by atoms with E-state index < -0.39 is 58.7 Å². The predicted molar refractivity (Wildman–Crippen MR) is 153 cm³/mol. The number of amides is 4. The fraction of sp³-hybridized carbons (Fsp3) is 0.269. The zero-order chi connectivity index (χ0) is 32.4. The van der Waals surface area contributed by atoms with Crippen LogP contribution in [0.3, 0.4) is 0 Å². The van der Waals surface area contributed by atoms with Crippen LogP contribution in [-0.4, -0.2) is 92.0 Å². The number of anilines is 1. The van der Waals surface area contributed by atoms with Crippen LogP contribution in [0, 0.1) is 10.1 Å². The van der Waals surface area contributed by atoms with Crippen molar-refractivity contribution in [3.05, 3.63) is 74.1 Å². The molecule has 6 N–H and O–H groups in total. The van der Waals surface area contributed by atoms with Crippen LogP contribution >= 0.6 is 11.3 Å². The highest BCUT2D eigenvalue weighted by molar-refractivity contribution is 7.13. The van der Waals surface area contributed by atoms with Crippen LogP contribution in [0.4, 0.5) is 10.8 Å². The molecule has 0 aliphatic carbocycles. The quantitative estimate of drug-likeness (QED) is 0.0775. The number of carbonyl (C=O) groups excluding carboxylic acids is 4. The summed E-state index contributed by atoms with van der Waals surface area (Å²) in [5.74, 6) is -4.59. The fourth-order valence-corrected chi connectivity index (χ4v) is 5.40. The van der Waals surface area contributed by atoms with Crippen LogP contribution in [0.1, 0.15) is 17.7 Å². The van der Waals surface area contributed by atoms with E-state index in [1.54, 1.807) is 12.1 Å². The highest BCUT2D eigenvalue weighted by Crippen LogP contribution is 2.34. The van der Waals surface area contributed by atoms with Crippen LogP contribution in [0.5, 0.6) is 0 Å². The minimum atomic E-state index is -1.49. The largest absolute Gasteiger partial charge is 0.489 e. The number of carboxylic acids is 1. The highest BCUT2D eigenvalue weighted by Gasteiger charge is 2.55. The van der Waals surface area contributed by atoms with Gasteiger partial charge in [-0.2, -0.15) is 0 Å². The summed E-state index contributed by atoms with van der Waals surface area (Å²) in [5.41, 5.74) is 10.6. The third-order valence-electron chi connectivity index (χ3n) is 6.97. The molecule has 45 heavy (non-hydrogen) atoms. The number of primary amides is 1. The Bertz CT molecular complexity index is 1700. The molecular formula is C26H24N8O10S. The van der Waals surface area contributed by atoms with Gasteiger partial charge in [0.05, 0.1) is 4.92 Å². The van der Waals surface area contributed by atoms with Gasteiger partial charge in [0.1, 0.15) is 24.4 Å². The van der Waals surface area contributed by atoms with Crippen molar-refractivity contribution < 1.29 is 43.6 Å². The number of nitrogen functional groups attached to an aromatic ring is 1. The van der Waals surface area contributed by atoms with Gasteiger partial charge in [0.25, 0.3) is 23.4 Å². The van der Waals surface area contributed by atoms with Gasteiger partial charge < -0.3 is 36.4 Å². The number of aliphatic carboxylic acids is 1. The maximum atomic E-state index is 13.1. The van der Waals surface area contributed by atoms with E-state index in [4.69, 9.17) is 21.0 Å². The van der Waals surface area contributed by atoms with E-state index in [1.807, 2.05) is 0 Å². The molecule has 4 amide bonds. The molecule has 0 bridgehead atoms. The lowest BCUT2D eigenvalue weighted by Gasteiger charge is -2.49. The molecule has 4 heterocycles. The number of nitrogens with one attached hydrogen (secondary N) is 1. The number of β-lactam (4-membered cyclic amide) rings is 1. The van der Waals surface area contributed by atoms with Gasteiger partial charge in [-0.1, -0.05) is 17.3 Å². The number of benzene rings is 1. The molecule has 3 aliphatic heterocycles. The monoisotopic (exact) mass is 640 g/mol. The molecule has 5 rings (SSSR count). The van der Waals surface area contributed by atoms with Crippen molar-refractivity contribution in [1.82, 2.24) is 20.1 Å². The maximum absolute atomic E-state index is 13.1. The van der Waals surface area contributed by atoms with Gasteiger partial charge in [-0.15, -0.1) is 11.3 Å². The Labute approximate surface area is 256 Å². The van der Waals surface area contributed by atoms with E-state index in [-0.39, 0.29) is 53.3 Å². The lowest BCUT2D eigenvalue weighted by molar-refractivity contribution is -0.384. The van der Waals surface area contributed by atoms with Gasteiger partial charge >= 0.3 is 5.97 Å². The van der Waals surface area contributed by atoms with E-state index in [2.05, 4.69) is 15.5 Å². The van der Waals surface area contributed by atoms with Gasteiger partial charge in [-0.25, -0.2) is 9.78 Å². The van der Waals surface area contributed by atoms with Crippen molar-refractivity contribution in [3.8, 4) is 0 Å². The average Bonchev–Trinajstić information content (AvgIpc) is 3.58. The third kappa shape index (κ3) is 6.27. The summed E-state index contributed by atoms with van der Waals surface area (Å²) in [7, 11) is 0. The molecule has 1 aromatic heterocycles. The first-order chi connectivity index (χ1) is 21.4. The second-order valence-electron chi connectivity index (χ2n) is 9.88. The second kappa shape index (κ2) is 12.4. The first-order valence-electron chi connectivity index (χ1n) is 13.1. The normalized spacial score (nSPS) is 20.4. The van der Waals surface area contributed by atoms with E-state index in [9.17, 15) is 39.2 Å². The number of nitro groups is 1. The van der Waals surface area contributed by atoms with Crippen LogP contribution in [-0.2, 0) is 40.1 Å². The summed E-state index contributed by atoms with van der Waals surface area (Å²) in [5, 5.41) is 28.4. The second-order valence-corrected chi connectivity index (χ2v) is 10.8.